The maximum absolute atomic E-state index is 12.2. The fourth-order valence-corrected chi connectivity index (χ4v) is 3.38. The van der Waals surface area contributed by atoms with Crippen molar-refractivity contribution in [2.24, 2.45) is 0 Å². The summed E-state index contributed by atoms with van der Waals surface area (Å²) in [6.07, 6.45) is 1.23. The van der Waals surface area contributed by atoms with Crippen molar-refractivity contribution < 1.29 is 9.53 Å². The zero-order chi connectivity index (χ0) is 14.0. The molecule has 0 spiro atoms. The van der Waals surface area contributed by atoms with Crippen LogP contribution < -0.4 is 5.73 Å². The molecule has 0 saturated carbocycles. The van der Waals surface area contributed by atoms with Crippen molar-refractivity contribution in [2.75, 3.05) is 26.4 Å². The predicted molar refractivity (Wildman–Crippen MR) is 78.5 cm³/mol. The van der Waals surface area contributed by atoms with Gasteiger partial charge in [0.25, 0.3) is 5.91 Å². The Balaban J connectivity index is 2.27. The summed E-state index contributed by atoms with van der Waals surface area (Å²) in [7, 11) is 3.52. The summed E-state index contributed by atoms with van der Waals surface area (Å²) in [5.74, 6) is 0.00840. The second-order valence-corrected chi connectivity index (χ2v) is 6.26. The van der Waals surface area contributed by atoms with Crippen LogP contribution in [0.3, 0.4) is 0 Å². The van der Waals surface area contributed by atoms with Gasteiger partial charge in [0, 0.05) is 36.5 Å². The lowest BCUT2D eigenvalue weighted by Crippen LogP contribution is -2.23. The molecule has 1 saturated heterocycles. The van der Waals surface area contributed by atoms with Crippen molar-refractivity contribution >= 4 is 23.4 Å². The van der Waals surface area contributed by atoms with E-state index in [0.29, 0.717) is 16.5 Å². The minimum atomic E-state index is 0.00840. The zero-order valence-corrected chi connectivity index (χ0v) is 12.4. The maximum Gasteiger partial charge on any atom is 0.254 e. The number of thioether (sulfide) groups is 1. The molecule has 1 amide bonds. The molecule has 4 nitrogen and oxygen atoms in total. The first-order chi connectivity index (χ1) is 8.99. The average molecular weight is 280 g/mol. The summed E-state index contributed by atoms with van der Waals surface area (Å²) in [5.41, 5.74) is 7.24. The molecule has 2 rings (SSSR count). The van der Waals surface area contributed by atoms with Gasteiger partial charge in [0.1, 0.15) is 0 Å². The highest BCUT2D eigenvalue weighted by molar-refractivity contribution is 8.00. The first-order valence-electron chi connectivity index (χ1n) is 6.38. The van der Waals surface area contributed by atoms with Gasteiger partial charge in [0.2, 0.25) is 0 Å². The van der Waals surface area contributed by atoms with E-state index >= 15 is 0 Å². The van der Waals surface area contributed by atoms with Gasteiger partial charge in [0.05, 0.1) is 11.7 Å². The lowest BCUT2D eigenvalue weighted by Gasteiger charge is -2.18. The van der Waals surface area contributed by atoms with Gasteiger partial charge < -0.3 is 15.4 Å². The van der Waals surface area contributed by atoms with Crippen LogP contribution in [-0.2, 0) is 4.74 Å². The van der Waals surface area contributed by atoms with Crippen molar-refractivity contribution in [3.63, 3.8) is 0 Å². The summed E-state index contributed by atoms with van der Waals surface area (Å²) in [5, 5.41) is 0.385. The van der Waals surface area contributed by atoms with Crippen molar-refractivity contribution in [3.05, 3.63) is 23.8 Å². The molecule has 1 aliphatic rings. The molecule has 1 fully saturated rings. The normalized spacial score (nSPS) is 22.5. The number of hydrogen-bond donors (Lipinski definition) is 1. The fourth-order valence-electron chi connectivity index (χ4n) is 2.08. The topological polar surface area (TPSA) is 55.6 Å². The monoisotopic (exact) mass is 280 g/mol. The molecule has 19 heavy (non-hydrogen) atoms. The molecule has 1 aromatic carbocycles. The van der Waals surface area contributed by atoms with Crippen LogP contribution in [0.2, 0.25) is 0 Å². The second-order valence-electron chi connectivity index (χ2n) is 4.98. The Hall–Kier alpha value is -1.20. The Bertz CT molecular complexity index is 477. The molecule has 0 radical (unpaired) electrons. The van der Waals surface area contributed by atoms with Crippen molar-refractivity contribution in [1.29, 1.82) is 0 Å². The van der Waals surface area contributed by atoms with Crippen LogP contribution in [0.15, 0.2) is 23.1 Å². The highest BCUT2D eigenvalue weighted by Gasteiger charge is 2.27. The number of anilines is 1. The van der Waals surface area contributed by atoms with Crippen LogP contribution in [0.25, 0.3) is 0 Å². The molecule has 0 aliphatic carbocycles. The Kier molecular flexibility index (Phi) is 4.37. The molecule has 0 bridgehead atoms. The Morgan fingerprint density at radius 3 is 2.79 bits per heavy atom. The van der Waals surface area contributed by atoms with Crippen LogP contribution in [0.4, 0.5) is 5.69 Å². The van der Waals surface area contributed by atoms with E-state index in [1.807, 2.05) is 6.07 Å². The number of nitrogens with two attached hydrogens (primary N) is 1. The lowest BCUT2D eigenvalue weighted by molar-refractivity contribution is 0.0824. The van der Waals surface area contributed by atoms with Crippen molar-refractivity contribution in [3.8, 4) is 0 Å². The number of ether oxygens (including phenoxy) is 1. The second kappa shape index (κ2) is 5.84. The Morgan fingerprint density at radius 2 is 2.21 bits per heavy atom. The van der Waals surface area contributed by atoms with Gasteiger partial charge in [-0.25, -0.2) is 0 Å². The summed E-state index contributed by atoms with van der Waals surface area (Å²) in [4.78, 5) is 14.7. The van der Waals surface area contributed by atoms with Gasteiger partial charge in [-0.3, -0.25) is 4.79 Å². The number of nitrogens with zero attached hydrogens (tertiary/aromatic N) is 1. The van der Waals surface area contributed by atoms with Gasteiger partial charge in [-0.2, -0.15) is 0 Å². The van der Waals surface area contributed by atoms with Gasteiger partial charge in [-0.15, -0.1) is 11.8 Å². The van der Waals surface area contributed by atoms with Gasteiger partial charge in [-0.1, -0.05) is 0 Å². The van der Waals surface area contributed by atoms with Gasteiger partial charge >= 0.3 is 0 Å². The number of carbonyl (C=O) groups is 1. The van der Waals surface area contributed by atoms with E-state index in [4.69, 9.17) is 10.5 Å². The van der Waals surface area contributed by atoms with Crippen LogP contribution in [0, 0.1) is 0 Å². The van der Waals surface area contributed by atoms with Crippen molar-refractivity contribution in [2.45, 2.75) is 29.6 Å². The third kappa shape index (κ3) is 3.22. The fraction of sp³-hybridized carbons (Fsp3) is 0.500. The minimum Gasteiger partial charge on any atom is -0.399 e. The van der Waals surface area contributed by atoms with E-state index in [9.17, 15) is 4.79 Å². The first kappa shape index (κ1) is 14.2. The molecule has 0 aromatic heterocycles. The number of nitrogen functional groups attached to an aromatic ring is 1. The lowest BCUT2D eigenvalue weighted by atomic mass is 10.2. The molecule has 104 valence electrons. The summed E-state index contributed by atoms with van der Waals surface area (Å²) >= 11 is 1.69. The zero-order valence-electron chi connectivity index (χ0n) is 11.6. The highest BCUT2D eigenvalue weighted by Crippen LogP contribution is 2.35. The average Bonchev–Trinajstić information content (AvgIpc) is 2.74. The summed E-state index contributed by atoms with van der Waals surface area (Å²) in [6, 6.07) is 5.46. The molecular weight excluding hydrogens is 260 g/mol. The van der Waals surface area contributed by atoms with Gasteiger partial charge in [-0.05, 0) is 31.5 Å². The molecule has 2 N–H and O–H groups in total. The van der Waals surface area contributed by atoms with E-state index in [2.05, 4.69) is 6.92 Å². The number of hydrogen-bond acceptors (Lipinski definition) is 4. The predicted octanol–water partition coefficient (Wildman–Crippen LogP) is 2.24. The van der Waals surface area contributed by atoms with E-state index in [1.54, 1.807) is 42.9 Å². The largest absolute Gasteiger partial charge is 0.399 e. The molecule has 1 aliphatic heterocycles. The molecule has 1 aromatic rings. The molecule has 2 atom stereocenters. The number of benzene rings is 1. The van der Waals surface area contributed by atoms with E-state index < -0.39 is 0 Å². The highest BCUT2D eigenvalue weighted by atomic mass is 32.2. The van der Waals surface area contributed by atoms with E-state index in [-0.39, 0.29) is 12.0 Å². The number of carbonyl (C=O) groups excluding carboxylic acids is 1. The first-order valence-corrected chi connectivity index (χ1v) is 7.26. The minimum absolute atomic E-state index is 0.00840. The van der Waals surface area contributed by atoms with Gasteiger partial charge in [0.15, 0.2) is 0 Å². The Labute approximate surface area is 118 Å². The van der Waals surface area contributed by atoms with Crippen molar-refractivity contribution in [1.82, 2.24) is 4.90 Å². The van der Waals surface area contributed by atoms with Crippen LogP contribution in [0.1, 0.15) is 23.7 Å². The van der Waals surface area contributed by atoms with E-state index in [0.717, 1.165) is 17.9 Å². The summed E-state index contributed by atoms with van der Waals surface area (Å²) < 4.78 is 5.57. The SMILES string of the molecule is CC1OCCC1Sc1cc(N)ccc1C(=O)N(C)C. The number of amides is 1. The molecule has 2 unspecified atom stereocenters. The Morgan fingerprint density at radius 1 is 1.47 bits per heavy atom. The smallest absolute Gasteiger partial charge is 0.254 e. The molecular formula is C14H20N2O2S. The van der Waals surface area contributed by atoms with E-state index in [1.165, 1.54) is 0 Å². The number of rotatable bonds is 3. The maximum atomic E-state index is 12.2. The van der Waals surface area contributed by atoms with Crippen LogP contribution >= 0.6 is 11.8 Å². The van der Waals surface area contributed by atoms with Crippen LogP contribution in [-0.4, -0.2) is 42.9 Å². The molecule has 1 heterocycles. The third-order valence-electron chi connectivity index (χ3n) is 3.23. The standard InChI is InChI=1S/C14H20N2O2S/c1-9-12(6-7-18-9)19-13-8-10(15)4-5-11(13)14(17)16(2)3/h4-5,8-9,12H,6-7,15H2,1-3H3. The third-order valence-corrected chi connectivity index (χ3v) is 4.74. The summed E-state index contributed by atoms with van der Waals surface area (Å²) in [6.45, 7) is 2.86. The quantitative estimate of drug-likeness (QED) is 0.863. The molecule has 5 heteroatoms. The van der Waals surface area contributed by atoms with Crippen LogP contribution in [0.5, 0.6) is 0 Å².